The van der Waals surface area contributed by atoms with Gasteiger partial charge in [-0.1, -0.05) is 0 Å². The average Bonchev–Trinajstić information content (AvgIpc) is 2.78. The summed E-state index contributed by atoms with van der Waals surface area (Å²) in [6.45, 7) is 11.9. The highest BCUT2D eigenvalue weighted by molar-refractivity contribution is 5.76. The molecule has 0 aromatic carbocycles. The summed E-state index contributed by atoms with van der Waals surface area (Å²) in [4.78, 5) is 16.6. The summed E-state index contributed by atoms with van der Waals surface area (Å²) in [7, 11) is 0. The van der Waals surface area contributed by atoms with Crippen LogP contribution in [0, 0.1) is 5.92 Å². The molecule has 104 valence electrons. The van der Waals surface area contributed by atoms with E-state index in [4.69, 9.17) is 4.74 Å². The van der Waals surface area contributed by atoms with Gasteiger partial charge in [0.1, 0.15) is 0 Å². The van der Waals surface area contributed by atoms with Crippen molar-refractivity contribution in [2.75, 3.05) is 39.4 Å². The van der Waals surface area contributed by atoms with Crippen molar-refractivity contribution in [3.8, 4) is 0 Å². The maximum Gasteiger partial charge on any atom is 0.223 e. The number of hydrogen-bond donors (Lipinski definition) is 0. The molecule has 18 heavy (non-hydrogen) atoms. The van der Waals surface area contributed by atoms with Gasteiger partial charge in [-0.3, -0.25) is 9.69 Å². The molecule has 0 spiro atoms. The number of rotatable bonds is 2. The molecule has 2 rings (SSSR count). The molecule has 0 aliphatic carbocycles. The Morgan fingerprint density at radius 1 is 1.22 bits per heavy atom. The molecule has 2 fully saturated rings. The normalized spacial score (nSPS) is 26.6. The van der Waals surface area contributed by atoms with Gasteiger partial charge < -0.3 is 9.64 Å². The second kappa shape index (κ2) is 5.57. The first-order valence-corrected chi connectivity index (χ1v) is 7.07. The van der Waals surface area contributed by atoms with Crippen molar-refractivity contribution < 1.29 is 9.53 Å². The predicted molar refractivity (Wildman–Crippen MR) is 71.4 cm³/mol. The van der Waals surface area contributed by atoms with Crippen LogP contribution in [0.1, 0.15) is 33.6 Å². The summed E-state index contributed by atoms with van der Waals surface area (Å²) in [6, 6.07) is 0. The van der Waals surface area contributed by atoms with E-state index in [9.17, 15) is 4.79 Å². The molecule has 0 saturated carbocycles. The van der Waals surface area contributed by atoms with E-state index in [1.54, 1.807) is 0 Å². The fraction of sp³-hybridized carbons (Fsp3) is 0.929. The Hall–Kier alpha value is -0.610. The van der Waals surface area contributed by atoms with Gasteiger partial charge >= 0.3 is 0 Å². The van der Waals surface area contributed by atoms with Crippen LogP contribution < -0.4 is 0 Å². The van der Waals surface area contributed by atoms with Crippen molar-refractivity contribution in [3.63, 3.8) is 0 Å². The highest BCUT2D eigenvalue weighted by atomic mass is 16.5. The van der Waals surface area contributed by atoms with E-state index in [0.717, 1.165) is 32.6 Å². The highest BCUT2D eigenvalue weighted by Crippen LogP contribution is 2.26. The van der Waals surface area contributed by atoms with Crippen LogP contribution in [0.3, 0.4) is 0 Å². The van der Waals surface area contributed by atoms with Crippen molar-refractivity contribution in [1.29, 1.82) is 0 Å². The molecule has 0 bridgehead atoms. The largest absolute Gasteiger partial charge is 0.378 e. The lowest BCUT2D eigenvalue weighted by molar-refractivity contribution is -0.136. The van der Waals surface area contributed by atoms with Gasteiger partial charge in [-0.05, 0) is 39.7 Å². The first-order chi connectivity index (χ1) is 8.47. The molecule has 2 aliphatic rings. The van der Waals surface area contributed by atoms with Gasteiger partial charge in [-0.25, -0.2) is 0 Å². The Kier molecular flexibility index (Phi) is 4.28. The van der Waals surface area contributed by atoms with Crippen molar-refractivity contribution in [2.24, 2.45) is 5.92 Å². The first-order valence-electron chi connectivity index (χ1n) is 7.07. The topological polar surface area (TPSA) is 32.8 Å². The fourth-order valence-corrected chi connectivity index (χ4v) is 2.80. The zero-order valence-corrected chi connectivity index (χ0v) is 11.9. The van der Waals surface area contributed by atoms with Crippen LogP contribution in [0.2, 0.25) is 0 Å². The highest BCUT2D eigenvalue weighted by Gasteiger charge is 2.32. The molecule has 1 amide bonds. The molecular formula is C14H26N2O2. The van der Waals surface area contributed by atoms with E-state index < -0.39 is 0 Å². The third kappa shape index (κ3) is 3.45. The van der Waals surface area contributed by atoms with Gasteiger partial charge in [-0.15, -0.1) is 0 Å². The summed E-state index contributed by atoms with van der Waals surface area (Å²) in [5.41, 5.74) is 0.233. The minimum absolute atomic E-state index is 0.233. The van der Waals surface area contributed by atoms with Crippen LogP contribution in [0.15, 0.2) is 0 Å². The average molecular weight is 254 g/mol. The summed E-state index contributed by atoms with van der Waals surface area (Å²) < 4.78 is 5.28. The van der Waals surface area contributed by atoms with Gasteiger partial charge in [0, 0.05) is 31.6 Å². The zero-order valence-electron chi connectivity index (χ0n) is 11.9. The quantitative estimate of drug-likeness (QED) is 0.746. The minimum Gasteiger partial charge on any atom is -0.378 e. The lowest BCUT2D eigenvalue weighted by Crippen LogP contribution is -2.42. The number of nitrogens with zero attached hydrogens (tertiary/aromatic N) is 2. The molecule has 0 aromatic rings. The number of hydrogen-bond acceptors (Lipinski definition) is 3. The molecule has 1 atom stereocenters. The van der Waals surface area contributed by atoms with Crippen molar-refractivity contribution >= 4 is 5.91 Å². The van der Waals surface area contributed by atoms with Crippen molar-refractivity contribution in [2.45, 2.75) is 39.2 Å². The molecule has 0 aromatic heterocycles. The van der Waals surface area contributed by atoms with Crippen LogP contribution in [-0.2, 0) is 9.53 Å². The SMILES string of the molecule is CC(C)(C)N1CC[C@H](CC(=O)N2CCOCC2)C1. The molecule has 4 nitrogen and oxygen atoms in total. The zero-order chi connectivity index (χ0) is 13.2. The predicted octanol–water partition coefficient (Wildman–Crippen LogP) is 1.36. The molecule has 2 saturated heterocycles. The van der Waals surface area contributed by atoms with Crippen LogP contribution in [0.25, 0.3) is 0 Å². The van der Waals surface area contributed by atoms with Crippen LogP contribution >= 0.6 is 0 Å². The molecule has 0 N–H and O–H groups in total. The molecule has 4 heteroatoms. The molecule has 0 unspecified atom stereocenters. The maximum absolute atomic E-state index is 12.2. The monoisotopic (exact) mass is 254 g/mol. The third-order valence-corrected chi connectivity index (χ3v) is 4.06. The maximum atomic E-state index is 12.2. The number of ether oxygens (including phenoxy) is 1. The number of carbonyl (C=O) groups is 1. The smallest absolute Gasteiger partial charge is 0.223 e. The summed E-state index contributed by atoms with van der Waals surface area (Å²) in [6.07, 6.45) is 1.87. The minimum atomic E-state index is 0.233. The van der Waals surface area contributed by atoms with Gasteiger partial charge in [0.25, 0.3) is 0 Å². The Bertz CT molecular complexity index is 293. The third-order valence-electron chi connectivity index (χ3n) is 4.06. The standard InChI is InChI=1S/C14H26N2O2/c1-14(2,3)16-5-4-12(11-16)10-13(17)15-6-8-18-9-7-15/h12H,4-11H2,1-3H3/t12-/m1/s1. The second-order valence-electron chi connectivity index (χ2n) is 6.47. The molecule has 0 radical (unpaired) electrons. The second-order valence-corrected chi connectivity index (χ2v) is 6.47. The van der Waals surface area contributed by atoms with E-state index in [2.05, 4.69) is 25.7 Å². The van der Waals surface area contributed by atoms with Gasteiger partial charge in [0.05, 0.1) is 13.2 Å². The Morgan fingerprint density at radius 2 is 1.89 bits per heavy atom. The van der Waals surface area contributed by atoms with E-state index in [-0.39, 0.29) is 5.54 Å². The van der Waals surface area contributed by atoms with Crippen LogP contribution in [0.5, 0.6) is 0 Å². The van der Waals surface area contributed by atoms with Crippen LogP contribution in [-0.4, -0.2) is 60.6 Å². The van der Waals surface area contributed by atoms with E-state index in [1.807, 2.05) is 4.90 Å². The molecule has 2 heterocycles. The van der Waals surface area contributed by atoms with E-state index >= 15 is 0 Å². The van der Waals surface area contributed by atoms with Crippen molar-refractivity contribution in [1.82, 2.24) is 9.80 Å². The number of morpholine rings is 1. The summed E-state index contributed by atoms with van der Waals surface area (Å²) in [5.74, 6) is 0.860. The van der Waals surface area contributed by atoms with Crippen LogP contribution in [0.4, 0.5) is 0 Å². The van der Waals surface area contributed by atoms with Gasteiger partial charge in [0.15, 0.2) is 0 Å². The Labute approximate surface area is 110 Å². The molecule has 2 aliphatic heterocycles. The lowest BCUT2D eigenvalue weighted by Gasteiger charge is -2.32. The van der Waals surface area contributed by atoms with E-state index in [0.29, 0.717) is 31.5 Å². The fourth-order valence-electron chi connectivity index (χ4n) is 2.80. The number of likely N-dealkylation sites (tertiary alicyclic amines) is 1. The van der Waals surface area contributed by atoms with Gasteiger partial charge in [0.2, 0.25) is 5.91 Å². The summed E-state index contributed by atoms with van der Waals surface area (Å²) >= 11 is 0. The first kappa shape index (κ1) is 13.8. The van der Waals surface area contributed by atoms with Crippen molar-refractivity contribution in [3.05, 3.63) is 0 Å². The summed E-state index contributed by atoms with van der Waals surface area (Å²) in [5, 5.41) is 0. The number of amides is 1. The molecular weight excluding hydrogens is 228 g/mol. The number of carbonyl (C=O) groups excluding carboxylic acids is 1. The van der Waals surface area contributed by atoms with E-state index in [1.165, 1.54) is 0 Å². The van der Waals surface area contributed by atoms with Gasteiger partial charge in [-0.2, -0.15) is 0 Å². The lowest BCUT2D eigenvalue weighted by atomic mass is 10.0. The Balaban J connectivity index is 1.78. The Morgan fingerprint density at radius 3 is 2.44 bits per heavy atom.